The number of carbonyl (C=O) groups excluding carboxylic acids is 1. The van der Waals surface area contributed by atoms with Gasteiger partial charge in [0.25, 0.3) is 0 Å². The molecule has 59 heavy (non-hydrogen) atoms. The number of unbranched alkanes of at least 4 members (excludes halogenated alkanes) is 21. The third kappa shape index (κ3) is 28.5. The van der Waals surface area contributed by atoms with Gasteiger partial charge in [-0.2, -0.15) is 8.42 Å². The predicted molar refractivity (Wildman–Crippen MR) is 233 cm³/mol. The molecule has 1 fully saturated rings. The maximum absolute atomic E-state index is 13.1. The van der Waals surface area contributed by atoms with Crippen molar-refractivity contribution in [3.63, 3.8) is 0 Å². The number of nitrogens with one attached hydrogen (secondary N) is 1. The van der Waals surface area contributed by atoms with Crippen molar-refractivity contribution in [2.75, 3.05) is 13.2 Å². The van der Waals surface area contributed by atoms with Crippen molar-refractivity contribution in [3.8, 4) is 0 Å². The average Bonchev–Trinajstić information content (AvgIpc) is 3.20. The molecule has 13 nitrogen and oxygen atoms in total. The Bertz CT molecular complexity index is 1220. The zero-order chi connectivity index (χ0) is 43.6. The van der Waals surface area contributed by atoms with E-state index in [4.69, 9.17) is 9.47 Å². The molecular formula is C45H83NO12S. The number of rotatable bonds is 38. The van der Waals surface area contributed by atoms with Crippen LogP contribution in [0.3, 0.4) is 0 Å². The molecule has 0 bridgehead atoms. The second-order valence-corrected chi connectivity index (χ2v) is 17.2. The van der Waals surface area contributed by atoms with E-state index < -0.39 is 78.5 Å². The van der Waals surface area contributed by atoms with Gasteiger partial charge >= 0.3 is 10.4 Å². The molecule has 14 heteroatoms. The monoisotopic (exact) mass is 862 g/mol. The van der Waals surface area contributed by atoms with Crippen LogP contribution in [0.25, 0.3) is 0 Å². The van der Waals surface area contributed by atoms with Crippen molar-refractivity contribution in [1.82, 2.24) is 5.32 Å². The maximum atomic E-state index is 13.1. The summed E-state index contributed by atoms with van der Waals surface area (Å²) in [6.07, 6.45) is 29.4. The number of aliphatic hydroxyl groups is 5. The van der Waals surface area contributed by atoms with E-state index in [1.54, 1.807) is 6.08 Å². The molecule has 8 atom stereocenters. The lowest BCUT2D eigenvalue weighted by atomic mass is 9.99. The van der Waals surface area contributed by atoms with E-state index in [-0.39, 0.29) is 6.42 Å². The number of amides is 1. The van der Waals surface area contributed by atoms with Crippen molar-refractivity contribution in [1.29, 1.82) is 0 Å². The number of carbonyl (C=O) groups is 1. The molecule has 1 amide bonds. The van der Waals surface area contributed by atoms with Crippen molar-refractivity contribution in [2.24, 2.45) is 0 Å². The Hall–Kier alpha value is -1.72. The Morgan fingerprint density at radius 2 is 1.14 bits per heavy atom. The van der Waals surface area contributed by atoms with Gasteiger partial charge in [-0.25, -0.2) is 4.18 Å². The van der Waals surface area contributed by atoms with Crippen molar-refractivity contribution in [3.05, 3.63) is 36.5 Å². The average molecular weight is 862 g/mol. The summed E-state index contributed by atoms with van der Waals surface area (Å²) in [5.41, 5.74) is 0. The molecular weight excluding hydrogens is 779 g/mol. The van der Waals surface area contributed by atoms with E-state index in [1.807, 2.05) is 0 Å². The zero-order valence-corrected chi connectivity index (χ0v) is 37.2. The van der Waals surface area contributed by atoms with Gasteiger partial charge in [-0.05, 0) is 44.9 Å². The lowest BCUT2D eigenvalue weighted by Gasteiger charge is -2.41. The molecule has 0 aromatic rings. The highest BCUT2D eigenvalue weighted by Gasteiger charge is 2.48. The van der Waals surface area contributed by atoms with Gasteiger partial charge < -0.3 is 40.3 Å². The van der Waals surface area contributed by atoms with Gasteiger partial charge in [0.2, 0.25) is 5.91 Å². The zero-order valence-electron chi connectivity index (χ0n) is 36.4. The Morgan fingerprint density at radius 1 is 0.678 bits per heavy atom. The van der Waals surface area contributed by atoms with Crippen molar-refractivity contribution < 1.29 is 57.0 Å². The highest BCUT2D eigenvalue weighted by molar-refractivity contribution is 7.80. The lowest BCUT2D eigenvalue weighted by Crippen LogP contribution is -2.61. The fourth-order valence-corrected chi connectivity index (χ4v) is 7.59. The molecule has 1 aliphatic heterocycles. The van der Waals surface area contributed by atoms with Gasteiger partial charge in [-0.3, -0.25) is 9.35 Å². The minimum Gasteiger partial charge on any atom is -0.394 e. The van der Waals surface area contributed by atoms with E-state index in [1.165, 1.54) is 109 Å². The smallest absolute Gasteiger partial charge is 0.394 e. The molecule has 1 aliphatic rings. The first-order chi connectivity index (χ1) is 28.4. The van der Waals surface area contributed by atoms with Crippen LogP contribution in [0.2, 0.25) is 0 Å². The van der Waals surface area contributed by atoms with Crippen LogP contribution in [-0.4, -0.2) is 107 Å². The molecule has 0 saturated carbocycles. The minimum absolute atomic E-state index is 0.236. The van der Waals surface area contributed by atoms with Gasteiger partial charge in [0.15, 0.2) is 6.29 Å². The summed E-state index contributed by atoms with van der Waals surface area (Å²) >= 11 is 0. The topological polar surface area (TPSA) is 212 Å². The molecule has 7 N–H and O–H groups in total. The van der Waals surface area contributed by atoms with E-state index in [0.29, 0.717) is 12.8 Å². The fourth-order valence-electron chi connectivity index (χ4n) is 7.08. The number of aliphatic hydroxyl groups excluding tert-OH is 5. The van der Waals surface area contributed by atoms with Gasteiger partial charge in [0.05, 0.1) is 25.4 Å². The van der Waals surface area contributed by atoms with Crippen LogP contribution >= 0.6 is 0 Å². The molecule has 8 unspecified atom stereocenters. The Balaban J connectivity index is 2.65. The molecule has 0 aromatic carbocycles. The second kappa shape index (κ2) is 35.8. The highest BCUT2D eigenvalue weighted by atomic mass is 32.3. The number of hydrogen-bond donors (Lipinski definition) is 7. The van der Waals surface area contributed by atoms with Crippen molar-refractivity contribution >= 4 is 16.3 Å². The Kier molecular flexibility index (Phi) is 33.6. The van der Waals surface area contributed by atoms with E-state index in [9.17, 15) is 43.3 Å². The number of allylic oxidation sites excluding steroid dienone is 5. The summed E-state index contributed by atoms with van der Waals surface area (Å²) < 4.78 is 47.4. The van der Waals surface area contributed by atoms with Crippen LogP contribution in [0.1, 0.15) is 181 Å². The van der Waals surface area contributed by atoms with Crippen LogP contribution in [0.5, 0.6) is 0 Å². The van der Waals surface area contributed by atoms with E-state index in [0.717, 1.165) is 44.9 Å². The minimum atomic E-state index is -5.12. The largest absolute Gasteiger partial charge is 0.397 e. The van der Waals surface area contributed by atoms with Gasteiger partial charge in [0, 0.05) is 0 Å². The maximum Gasteiger partial charge on any atom is 0.397 e. The second-order valence-electron chi connectivity index (χ2n) is 16.1. The third-order valence-electron chi connectivity index (χ3n) is 10.8. The normalized spacial score (nSPS) is 21.8. The summed E-state index contributed by atoms with van der Waals surface area (Å²) in [4.78, 5) is 13.1. The highest BCUT2D eigenvalue weighted by Crippen LogP contribution is 2.26. The summed E-state index contributed by atoms with van der Waals surface area (Å²) in [7, 11) is -5.12. The quantitative estimate of drug-likeness (QED) is 0.0181. The summed E-state index contributed by atoms with van der Waals surface area (Å²) in [5.74, 6) is -0.717. The predicted octanol–water partition coefficient (Wildman–Crippen LogP) is 7.69. The number of ether oxygens (including phenoxy) is 2. The van der Waals surface area contributed by atoms with Gasteiger partial charge in [0.1, 0.15) is 30.5 Å². The first-order valence-electron chi connectivity index (χ1n) is 23.0. The molecule has 0 radical (unpaired) electrons. The summed E-state index contributed by atoms with van der Waals surface area (Å²) in [6.45, 7) is 3.17. The van der Waals surface area contributed by atoms with E-state index >= 15 is 0 Å². The van der Waals surface area contributed by atoms with Crippen LogP contribution in [0, 0.1) is 0 Å². The lowest BCUT2D eigenvalue weighted by molar-refractivity contribution is -0.298. The van der Waals surface area contributed by atoms with Crippen LogP contribution < -0.4 is 5.32 Å². The molecule has 0 aromatic heterocycles. The van der Waals surface area contributed by atoms with E-state index in [2.05, 4.69) is 47.7 Å². The third-order valence-corrected chi connectivity index (χ3v) is 11.2. The molecule has 1 saturated heterocycles. The SMILES string of the molecule is CCCCCCCCC/C=C/CC/C=C/CC/C=C/C(O)C(COC1OC(CO)C(O)C(OS(=O)(=O)O)C1O)NC(=O)C(O)CCCCCCCCCCCCCCC. The first-order valence-corrected chi connectivity index (χ1v) is 24.3. The molecule has 1 rings (SSSR count). The van der Waals surface area contributed by atoms with Crippen LogP contribution in [0.15, 0.2) is 36.5 Å². The van der Waals surface area contributed by atoms with Crippen molar-refractivity contribution in [2.45, 2.75) is 230 Å². The summed E-state index contributed by atoms with van der Waals surface area (Å²) in [6, 6.07) is -1.14. The van der Waals surface area contributed by atoms with Gasteiger partial charge in [-0.15, -0.1) is 0 Å². The molecule has 346 valence electrons. The molecule has 0 spiro atoms. The first kappa shape index (κ1) is 55.3. The Morgan fingerprint density at radius 3 is 1.63 bits per heavy atom. The van der Waals surface area contributed by atoms with Crippen LogP contribution in [-0.2, 0) is 28.9 Å². The fraction of sp³-hybridized carbons (Fsp3) is 0.844. The standard InChI is InChI=1S/C45H83NO12S/c1-3-5-7-9-11-13-15-17-18-19-20-22-23-25-27-29-31-33-38(48)37(36-56-45-42(51)43(58-59(53,54)55)41(50)40(35-47)57-45)46-44(52)39(49)34-32-30-28-26-24-21-16-14-12-10-8-6-4-2/h18-19,23,25,31,33,37-43,45,47-51H,3-17,20-22,24,26-30,32,34-36H2,1-2H3,(H,46,52)(H,53,54,55)/b19-18+,25-23+,33-31+. The van der Waals surface area contributed by atoms with Gasteiger partial charge in [-0.1, -0.05) is 172 Å². The molecule has 1 heterocycles. The van der Waals surface area contributed by atoms with Crippen LogP contribution in [0.4, 0.5) is 0 Å². The summed E-state index contributed by atoms with van der Waals surface area (Å²) in [5, 5.41) is 55.1. The number of hydrogen-bond acceptors (Lipinski definition) is 11. The molecule has 0 aliphatic carbocycles. The Labute approximate surface area is 357 Å².